The molecule has 1 aromatic carbocycles. The second-order valence-corrected chi connectivity index (χ2v) is 5.59. The molecule has 1 aliphatic carbocycles. The van der Waals surface area contributed by atoms with Gasteiger partial charge in [0.25, 0.3) is 0 Å². The summed E-state index contributed by atoms with van der Waals surface area (Å²) in [4.78, 5) is 36.3. The zero-order chi connectivity index (χ0) is 15.1. The zero-order valence-electron chi connectivity index (χ0n) is 11.0. The number of benzene rings is 1. The number of aryl methyl sites for hydroxylation is 1. The Balaban J connectivity index is 2.10. The van der Waals surface area contributed by atoms with Crippen LogP contribution in [0.25, 0.3) is 6.08 Å². The van der Waals surface area contributed by atoms with Gasteiger partial charge in [0.2, 0.25) is 11.6 Å². The number of furan rings is 1. The number of hydrogen-bond donors (Lipinski definition) is 0. The normalized spacial score (nSPS) is 13.9. The summed E-state index contributed by atoms with van der Waals surface area (Å²) in [6.07, 6.45) is 2.63. The molecule has 1 heterocycles. The van der Waals surface area contributed by atoms with Gasteiger partial charge in [0, 0.05) is 5.56 Å². The quantitative estimate of drug-likeness (QED) is 0.619. The van der Waals surface area contributed by atoms with Gasteiger partial charge in [-0.1, -0.05) is 29.8 Å². The maximum atomic E-state index is 12.5. The Hall–Kier alpha value is -2.27. The minimum atomic E-state index is -0.733. The lowest BCUT2D eigenvalue weighted by atomic mass is 9.94. The predicted octanol–water partition coefficient (Wildman–Crippen LogP) is 3.32. The molecule has 0 aliphatic heterocycles. The Morgan fingerprint density at radius 2 is 1.76 bits per heavy atom. The summed E-state index contributed by atoms with van der Waals surface area (Å²) in [6.45, 7) is 1.92. The van der Waals surface area contributed by atoms with E-state index in [-0.39, 0.29) is 27.2 Å². The van der Waals surface area contributed by atoms with Gasteiger partial charge in [-0.15, -0.1) is 0 Å². The molecule has 0 N–H and O–H groups in total. The fourth-order valence-electron chi connectivity index (χ4n) is 2.14. The van der Waals surface area contributed by atoms with Gasteiger partial charge in [-0.2, -0.15) is 0 Å². The van der Waals surface area contributed by atoms with Crippen molar-refractivity contribution in [2.45, 2.75) is 6.92 Å². The van der Waals surface area contributed by atoms with Crippen LogP contribution in [-0.4, -0.2) is 17.3 Å². The molecule has 0 bridgehead atoms. The van der Waals surface area contributed by atoms with Crippen LogP contribution in [0.3, 0.4) is 0 Å². The third kappa shape index (κ3) is 2.19. The molecule has 0 spiro atoms. The summed E-state index contributed by atoms with van der Waals surface area (Å²) in [7, 11) is 0. The molecule has 0 amide bonds. The number of carbonyl (C=O) groups is 3. The Kier molecular flexibility index (Phi) is 3.22. The molecule has 21 heavy (non-hydrogen) atoms. The highest BCUT2D eigenvalue weighted by Gasteiger charge is 2.33. The van der Waals surface area contributed by atoms with Crippen molar-refractivity contribution in [1.29, 1.82) is 0 Å². The molecule has 0 atom stereocenters. The van der Waals surface area contributed by atoms with Gasteiger partial charge in [0.15, 0.2) is 5.78 Å². The molecular formula is C16H9BrO4. The van der Waals surface area contributed by atoms with Crippen molar-refractivity contribution in [2.75, 3.05) is 0 Å². The van der Waals surface area contributed by atoms with E-state index >= 15 is 0 Å². The van der Waals surface area contributed by atoms with Gasteiger partial charge >= 0.3 is 0 Å². The maximum absolute atomic E-state index is 12.5. The topological polar surface area (TPSA) is 64.3 Å². The molecular weight excluding hydrogens is 336 g/mol. The van der Waals surface area contributed by atoms with Crippen molar-refractivity contribution in [2.24, 2.45) is 0 Å². The Bertz CT molecular complexity index is 809. The largest absolute Gasteiger partial charge is 0.463 e. The number of rotatable bonds is 2. The van der Waals surface area contributed by atoms with E-state index in [2.05, 4.69) is 15.9 Å². The Morgan fingerprint density at radius 3 is 2.43 bits per heavy atom. The van der Waals surface area contributed by atoms with Crippen LogP contribution in [0.2, 0.25) is 0 Å². The van der Waals surface area contributed by atoms with Crippen molar-refractivity contribution in [3.63, 3.8) is 0 Å². The van der Waals surface area contributed by atoms with E-state index in [1.165, 1.54) is 12.3 Å². The average Bonchev–Trinajstić information content (AvgIpc) is 2.88. The van der Waals surface area contributed by atoms with Crippen LogP contribution >= 0.6 is 15.9 Å². The number of fused-ring (bicyclic) bond motifs is 1. The highest BCUT2D eigenvalue weighted by molar-refractivity contribution is 9.12. The zero-order valence-corrected chi connectivity index (χ0v) is 12.6. The molecule has 104 valence electrons. The summed E-state index contributed by atoms with van der Waals surface area (Å²) in [5, 5.41) is 0. The fourth-order valence-corrected chi connectivity index (χ4v) is 2.53. The van der Waals surface area contributed by atoms with Gasteiger partial charge in [-0.05, 0) is 28.9 Å². The van der Waals surface area contributed by atoms with Gasteiger partial charge in [0.05, 0.1) is 15.6 Å². The van der Waals surface area contributed by atoms with E-state index in [1.54, 1.807) is 12.1 Å². The predicted molar refractivity (Wildman–Crippen MR) is 79.6 cm³/mol. The number of halogens is 1. The van der Waals surface area contributed by atoms with E-state index in [4.69, 9.17) is 4.42 Å². The summed E-state index contributed by atoms with van der Waals surface area (Å²) in [5.41, 5.74) is 1.62. The van der Waals surface area contributed by atoms with E-state index < -0.39 is 11.6 Å². The standard InChI is InChI=1S/C16H9BrO4/c1-8-2-4-9(5-3-8)14(18)10-7-21-12-6-11(17)15(19)16(20)13(10)12/h2-7H,1H3. The number of allylic oxidation sites excluding steroid dienone is 1. The molecule has 0 fully saturated rings. The third-order valence-electron chi connectivity index (χ3n) is 3.29. The van der Waals surface area contributed by atoms with Gasteiger partial charge in [-0.3, -0.25) is 14.4 Å². The summed E-state index contributed by atoms with van der Waals surface area (Å²) >= 11 is 3.01. The smallest absolute Gasteiger partial charge is 0.240 e. The molecule has 2 aromatic rings. The number of ketones is 3. The number of carbonyl (C=O) groups excluding carboxylic acids is 3. The molecule has 4 nitrogen and oxygen atoms in total. The molecule has 0 unspecified atom stereocenters. The number of hydrogen-bond acceptors (Lipinski definition) is 4. The minimum absolute atomic E-state index is 0.0359. The van der Waals surface area contributed by atoms with Crippen LogP contribution in [0, 0.1) is 6.92 Å². The first-order valence-electron chi connectivity index (χ1n) is 6.18. The van der Waals surface area contributed by atoms with Crippen LogP contribution in [0.5, 0.6) is 0 Å². The summed E-state index contributed by atoms with van der Waals surface area (Å²) in [6, 6.07) is 6.97. The monoisotopic (exact) mass is 344 g/mol. The highest BCUT2D eigenvalue weighted by atomic mass is 79.9. The van der Waals surface area contributed by atoms with E-state index in [1.807, 2.05) is 19.1 Å². The maximum Gasteiger partial charge on any atom is 0.240 e. The van der Waals surface area contributed by atoms with E-state index in [9.17, 15) is 14.4 Å². The summed E-state index contributed by atoms with van der Waals surface area (Å²) in [5.74, 6) is -1.53. The molecule has 0 saturated carbocycles. The van der Waals surface area contributed by atoms with Crippen molar-refractivity contribution in [1.82, 2.24) is 0 Å². The van der Waals surface area contributed by atoms with E-state index in [0.717, 1.165) is 5.56 Å². The second-order valence-electron chi connectivity index (χ2n) is 4.73. The van der Waals surface area contributed by atoms with Crippen LogP contribution in [0.15, 0.2) is 39.4 Å². The number of Topliss-reactive ketones (excluding diaryl/α,β-unsaturated/α-hetero) is 2. The second kappa shape index (κ2) is 4.93. The average molecular weight is 345 g/mol. The first-order chi connectivity index (χ1) is 9.99. The first kappa shape index (κ1) is 13.7. The van der Waals surface area contributed by atoms with Crippen molar-refractivity contribution < 1.29 is 18.8 Å². The molecule has 1 aromatic heterocycles. The highest BCUT2D eigenvalue weighted by Crippen LogP contribution is 2.30. The van der Waals surface area contributed by atoms with Crippen molar-refractivity contribution in [3.05, 3.63) is 63.0 Å². The van der Waals surface area contributed by atoms with Gasteiger partial charge < -0.3 is 4.42 Å². The van der Waals surface area contributed by atoms with Crippen molar-refractivity contribution >= 4 is 39.4 Å². The molecule has 1 aliphatic rings. The molecule has 0 radical (unpaired) electrons. The molecule has 0 saturated heterocycles. The van der Waals surface area contributed by atoms with Crippen LogP contribution < -0.4 is 0 Å². The lowest BCUT2D eigenvalue weighted by molar-refractivity contribution is -0.111. The lowest BCUT2D eigenvalue weighted by Crippen LogP contribution is -2.20. The van der Waals surface area contributed by atoms with Gasteiger partial charge in [-0.25, -0.2) is 0 Å². The van der Waals surface area contributed by atoms with E-state index in [0.29, 0.717) is 5.56 Å². The Morgan fingerprint density at radius 1 is 1.10 bits per heavy atom. The summed E-state index contributed by atoms with van der Waals surface area (Å²) < 4.78 is 5.37. The minimum Gasteiger partial charge on any atom is -0.463 e. The van der Waals surface area contributed by atoms with Crippen LogP contribution in [-0.2, 0) is 4.79 Å². The molecule has 5 heteroatoms. The first-order valence-corrected chi connectivity index (χ1v) is 6.97. The molecule has 3 rings (SSSR count). The third-order valence-corrected chi connectivity index (χ3v) is 3.87. The lowest BCUT2D eigenvalue weighted by Gasteiger charge is -2.07. The van der Waals surface area contributed by atoms with Crippen LogP contribution in [0.4, 0.5) is 0 Å². The van der Waals surface area contributed by atoms with Crippen molar-refractivity contribution in [3.8, 4) is 0 Å². The van der Waals surface area contributed by atoms with Crippen LogP contribution in [0.1, 0.15) is 37.6 Å². The Labute approximate surface area is 128 Å². The fraction of sp³-hybridized carbons (Fsp3) is 0.0625. The van der Waals surface area contributed by atoms with Gasteiger partial charge in [0.1, 0.15) is 12.0 Å². The SMILES string of the molecule is Cc1ccc(C(=O)c2coc3c2C(=O)C(=O)C(Br)=C3)cc1.